The van der Waals surface area contributed by atoms with Crippen LogP contribution in [0.25, 0.3) is 6.08 Å². The molecular weight excluding hydrogens is 183 g/mol. The Kier molecular flexibility index (Phi) is 4.07. The van der Waals surface area contributed by atoms with Crippen molar-refractivity contribution in [2.45, 2.75) is 6.42 Å². The fourth-order valence-electron chi connectivity index (χ4n) is 1.04. The number of hydrogen-bond acceptors (Lipinski definition) is 3. The van der Waals surface area contributed by atoms with Crippen molar-refractivity contribution in [1.29, 1.82) is 0 Å². The molecule has 0 radical (unpaired) electrons. The van der Waals surface area contributed by atoms with E-state index in [0.29, 0.717) is 18.0 Å². The lowest BCUT2D eigenvalue weighted by atomic mass is 10.2. The summed E-state index contributed by atoms with van der Waals surface area (Å²) in [4.78, 5) is 3.80. The third-order valence-corrected chi connectivity index (χ3v) is 1.67. The number of halogens is 1. The van der Waals surface area contributed by atoms with Crippen LogP contribution in [0.1, 0.15) is 12.0 Å². The van der Waals surface area contributed by atoms with Crippen molar-refractivity contribution >= 4 is 6.08 Å². The number of rotatable bonds is 4. The Morgan fingerprint density at radius 1 is 1.64 bits per heavy atom. The van der Waals surface area contributed by atoms with Crippen LogP contribution >= 0.6 is 0 Å². The van der Waals surface area contributed by atoms with Crippen LogP contribution in [0, 0.1) is 5.82 Å². The summed E-state index contributed by atoms with van der Waals surface area (Å²) in [5.41, 5.74) is 5.95. The molecule has 14 heavy (non-hydrogen) atoms. The van der Waals surface area contributed by atoms with Crippen LogP contribution < -0.4 is 10.5 Å². The highest BCUT2D eigenvalue weighted by molar-refractivity contribution is 5.54. The van der Waals surface area contributed by atoms with Gasteiger partial charge in [0.2, 0.25) is 5.88 Å². The minimum Gasteiger partial charge on any atom is -0.481 e. The lowest BCUT2D eigenvalue weighted by Gasteiger charge is -2.02. The van der Waals surface area contributed by atoms with Gasteiger partial charge in [0.05, 0.1) is 13.3 Å². The minimum atomic E-state index is -0.377. The number of nitrogens with two attached hydrogens (primary N) is 1. The smallest absolute Gasteiger partial charge is 0.220 e. The number of nitrogens with zero attached hydrogens (tertiary/aromatic N) is 1. The molecule has 0 saturated heterocycles. The van der Waals surface area contributed by atoms with E-state index in [1.165, 1.54) is 13.2 Å². The van der Waals surface area contributed by atoms with Gasteiger partial charge in [-0.05, 0) is 19.0 Å². The van der Waals surface area contributed by atoms with Crippen molar-refractivity contribution in [3.8, 4) is 5.88 Å². The summed E-state index contributed by atoms with van der Waals surface area (Å²) in [6.45, 7) is 0.571. The number of ether oxygens (including phenoxy) is 1. The van der Waals surface area contributed by atoms with Gasteiger partial charge >= 0.3 is 0 Å². The zero-order valence-electron chi connectivity index (χ0n) is 8.03. The molecule has 1 heterocycles. The molecule has 0 spiro atoms. The van der Waals surface area contributed by atoms with Crippen molar-refractivity contribution in [3.63, 3.8) is 0 Å². The van der Waals surface area contributed by atoms with E-state index in [4.69, 9.17) is 10.5 Å². The van der Waals surface area contributed by atoms with Crippen LogP contribution in [-0.2, 0) is 0 Å². The number of aromatic nitrogens is 1. The highest BCUT2D eigenvalue weighted by Crippen LogP contribution is 2.17. The van der Waals surface area contributed by atoms with Crippen LogP contribution in [0.3, 0.4) is 0 Å². The normalized spacial score (nSPS) is 10.8. The molecule has 0 amide bonds. The quantitative estimate of drug-likeness (QED) is 0.795. The van der Waals surface area contributed by atoms with Gasteiger partial charge < -0.3 is 10.5 Å². The monoisotopic (exact) mass is 196 g/mol. The first kappa shape index (κ1) is 10.7. The Morgan fingerprint density at radius 2 is 2.43 bits per heavy atom. The highest BCUT2D eigenvalue weighted by atomic mass is 19.1. The molecule has 4 heteroatoms. The highest BCUT2D eigenvalue weighted by Gasteiger charge is 2.01. The maximum absolute atomic E-state index is 12.8. The Balaban J connectivity index is 2.87. The first-order valence-electron chi connectivity index (χ1n) is 4.34. The number of hydrogen-bond donors (Lipinski definition) is 1. The van der Waals surface area contributed by atoms with Gasteiger partial charge in [0.25, 0.3) is 0 Å². The lowest BCUT2D eigenvalue weighted by molar-refractivity contribution is 0.394. The van der Waals surface area contributed by atoms with Gasteiger partial charge in [-0.25, -0.2) is 9.37 Å². The van der Waals surface area contributed by atoms with Crippen LogP contribution in [-0.4, -0.2) is 18.6 Å². The Morgan fingerprint density at radius 3 is 3.07 bits per heavy atom. The van der Waals surface area contributed by atoms with E-state index >= 15 is 0 Å². The second kappa shape index (κ2) is 5.34. The van der Waals surface area contributed by atoms with E-state index in [0.717, 1.165) is 12.6 Å². The summed E-state index contributed by atoms with van der Waals surface area (Å²) < 4.78 is 17.8. The standard InChI is InChI=1S/C10H13FN2O/c1-14-10-8(4-2-3-5-12)6-9(11)7-13-10/h2,4,6-7H,3,5,12H2,1H3. The molecule has 0 fully saturated rings. The molecule has 0 aliphatic rings. The average Bonchev–Trinajstić information content (AvgIpc) is 2.19. The third-order valence-electron chi connectivity index (χ3n) is 1.67. The molecule has 3 nitrogen and oxygen atoms in total. The average molecular weight is 196 g/mol. The Labute approximate surface area is 82.4 Å². The third kappa shape index (κ3) is 2.81. The van der Waals surface area contributed by atoms with Gasteiger partial charge in [0.1, 0.15) is 5.82 Å². The molecule has 0 saturated carbocycles. The van der Waals surface area contributed by atoms with Gasteiger partial charge in [-0.1, -0.05) is 12.2 Å². The van der Waals surface area contributed by atoms with Crippen LogP contribution in [0.4, 0.5) is 4.39 Å². The van der Waals surface area contributed by atoms with E-state index in [1.807, 2.05) is 6.08 Å². The maximum Gasteiger partial charge on any atom is 0.220 e. The summed E-state index contributed by atoms with van der Waals surface area (Å²) in [6.07, 6.45) is 5.49. The van der Waals surface area contributed by atoms with E-state index in [2.05, 4.69) is 4.98 Å². The molecule has 0 atom stereocenters. The molecule has 1 aromatic heterocycles. The molecule has 0 bridgehead atoms. The largest absolute Gasteiger partial charge is 0.481 e. The summed E-state index contributed by atoms with van der Waals surface area (Å²) in [5.74, 6) is 0.0397. The molecular formula is C10H13FN2O. The molecule has 1 aromatic rings. The van der Waals surface area contributed by atoms with E-state index in [9.17, 15) is 4.39 Å². The van der Waals surface area contributed by atoms with Crippen molar-refractivity contribution in [3.05, 3.63) is 29.7 Å². The first-order chi connectivity index (χ1) is 6.77. The zero-order valence-corrected chi connectivity index (χ0v) is 8.03. The maximum atomic E-state index is 12.8. The van der Waals surface area contributed by atoms with Crippen LogP contribution in [0.5, 0.6) is 5.88 Å². The summed E-state index contributed by atoms with van der Waals surface area (Å²) in [6, 6.07) is 1.37. The molecule has 0 unspecified atom stereocenters. The Hall–Kier alpha value is -1.42. The van der Waals surface area contributed by atoms with Crippen molar-refractivity contribution in [2.75, 3.05) is 13.7 Å². The number of methoxy groups -OCH3 is 1. The van der Waals surface area contributed by atoms with Gasteiger partial charge in [0, 0.05) is 5.56 Å². The predicted octanol–water partition coefficient (Wildman–Crippen LogP) is 1.59. The minimum absolute atomic E-state index is 0.377. The summed E-state index contributed by atoms with van der Waals surface area (Å²) in [7, 11) is 1.50. The first-order valence-corrected chi connectivity index (χ1v) is 4.34. The van der Waals surface area contributed by atoms with Gasteiger partial charge in [-0.15, -0.1) is 0 Å². The lowest BCUT2D eigenvalue weighted by Crippen LogP contribution is -1.95. The number of pyridine rings is 1. The van der Waals surface area contributed by atoms with Crippen molar-refractivity contribution < 1.29 is 9.13 Å². The topological polar surface area (TPSA) is 48.1 Å². The second-order valence-corrected chi connectivity index (χ2v) is 2.73. The van der Waals surface area contributed by atoms with Crippen LogP contribution in [0.15, 0.2) is 18.3 Å². The van der Waals surface area contributed by atoms with E-state index in [-0.39, 0.29) is 5.82 Å². The van der Waals surface area contributed by atoms with E-state index < -0.39 is 0 Å². The fraction of sp³-hybridized carbons (Fsp3) is 0.300. The van der Waals surface area contributed by atoms with Gasteiger partial charge in [-0.3, -0.25) is 0 Å². The molecule has 0 aliphatic carbocycles. The zero-order chi connectivity index (χ0) is 10.4. The molecule has 2 N–H and O–H groups in total. The molecule has 0 aliphatic heterocycles. The molecule has 1 rings (SSSR count). The summed E-state index contributed by atoms with van der Waals surface area (Å²) >= 11 is 0. The fourth-order valence-corrected chi connectivity index (χ4v) is 1.04. The van der Waals surface area contributed by atoms with E-state index in [1.54, 1.807) is 6.08 Å². The van der Waals surface area contributed by atoms with Crippen molar-refractivity contribution in [2.24, 2.45) is 5.73 Å². The predicted molar refractivity (Wildman–Crippen MR) is 53.5 cm³/mol. The Bertz CT molecular complexity index is 326. The van der Waals surface area contributed by atoms with Crippen molar-refractivity contribution in [1.82, 2.24) is 4.98 Å². The molecule has 76 valence electrons. The van der Waals surface area contributed by atoms with Gasteiger partial charge in [0.15, 0.2) is 0 Å². The SMILES string of the molecule is COc1ncc(F)cc1C=CCCN. The van der Waals surface area contributed by atoms with Crippen LogP contribution in [0.2, 0.25) is 0 Å². The second-order valence-electron chi connectivity index (χ2n) is 2.73. The summed E-state index contributed by atoms with van der Waals surface area (Å²) in [5, 5.41) is 0. The van der Waals surface area contributed by atoms with Gasteiger partial charge in [-0.2, -0.15) is 0 Å². The molecule has 0 aromatic carbocycles.